The molecule has 5 heteroatoms. The summed E-state index contributed by atoms with van der Waals surface area (Å²) in [5.74, 6) is 1.60. The van der Waals surface area contributed by atoms with Gasteiger partial charge in [-0.3, -0.25) is 0 Å². The number of para-hydroxylation sites is 1. The van der Waals surface area contributed by atoms with E-state index in [9.17, 15) is 4.79 Å². The Bertz CT molecular complexity index is 1240. The fourth-order valence-electron chi connectivity index (χ4n) is 4.36. The molecule has 5 rings (SSSR count). The van der Waals surface area contributed by atoms with E-state index in [1.165, 1.54) is 0 Å². The minimum Gasteiger partial charge on any atom is -0.456 e. The van der Waals surface area contributed by atoms with Gasteiger partial charge >= 0.3 is 5.97 Å². The van der Waals surface area contributed by atoms with Gasteiger partial charge in [0.2, 0.25) is 0 Å². The highest BCUT2D eigenvalue weighted by atomic mass is 35.5. The van der Waals surface area contributed by atoms with Crippen molar-refractivity contribution >= 4 is 39.9 Å². The fraction of sp³-hybridized carbons (Fsp3) is 0.160. The van der Waals surface area contributed by atoms with Gasteiger partial charge in [-0.15, -0.1) is 0 Å². The number of hydrogen-bond donors (Lipinski definition) is 0. The number of benzene rings is 3. The average molecular weight is 437 g/mol. The molecule has 0 heterocycles. The van der Waals surface area contributed by atoms with E-state index in [2.05, 4.69) is 12.7 Å². The smallest absolute Gasteiger partial charge is 0.338 e. The van der Waals surface area contributed by atoms with Crippen LogP contribution in [0.25, 0.3) is 10.8 Å². The monoisotopic (exact) mass is 436 g/mol. The number of halogens is 2. The molecule has 0 saturated heterocycles. The van der Waals surface area contributed by atoms with Crippen molar-refractivity contribution in [2.45, 2.75) is 25.2 Å². The van der Waals surface area contributed by atoms with Crippen LogP contribution < -0.4 is 9.47 Å². The van der Waals surface area contributed by atoms with Gasteiger partial charge in [-0.1, -0.05) is 54.1 Å². The zero-order chi connectivity index (χ0) is 21.0. The van der Waals surface area contributed by atoms with Gasteiger partial charge in [0.05, 0.1) is 0 Å². The topological polar surface area (TPSA) is 35.5 Å². The molecule has 0 saturated carbocycles. The third kappa shape index (κ3) is 3.01. The van der Waals surface area contributed by atoms with Gasteiger partial charge in [0, 0.05) is 49.4 Å². The number of fused-ring (bicyclic) bond motifs is 6. The summed E-state index contributed by atoms with van der Waals surface area (Å²) in [6.07, 6.45) is 2.90. The van der Waals surface area contributed by atoms with Crippen molar-refractivity contribution in [3.63, 3.8) is 0 Å². The maximum Gasteiger partial charge on any atom is 0.338 e. The molecule has 150 valence electrons. The third-order valence-electron chi connectivity index (χ3n) is 5.66. The summed E-state index contributed by atoms with van der Waals surface area (Å²) in [7, 11) is 0. The minimum atomic E-state index is -0.465. The van der Waals surface area contributed by atoms with E-state index in [0.717, 1.165) is 44.9 Å². The highest BCUT2D eigenvalue weighted by Gasteiger charge is 2.43. The Hall–Kier alpha value is -2.75. The van der Waals surface area contributed by atoms with Crippen LogP contribution >= 0.6 is 23.2 Å². The van der Waals surface area contributed by atoms with Crippen molar-refractivity contribution in [2.75, 3.05) is 0 Å². The number of esters is 1. The lowest BCUT2D eigenvalue weighted by Crippen LogP contribution is -2.12. The molecular formula is C25H18Cl2O3. The van der Waals surface area contributed by atoms with E-state index in [0.29, 0.717) is 16.3 Å². The van der Waals surface area contributed by atoms with Crippen molar-refractivity contribution in [3.05, 3.63) is 87.9 Å². The van der Waals surface area contributed by atoms with Crippen LogP contribution in [0.2, 0.25) is 5.02 Å². The lowest BCUT2D eigenvalue weighted by molar-refractivity contribution is -0.130. The van der Waals surface area contributed by atoms with Gasteiger partial charge in [-0.2, -0.15) is 0 Å². The maximum atomic E-state index is 12.5. The highest BCUT2D eigenvalue weighted by Crippen LogP contribution is 2.61. The first-order valence-corrected chi connectivity index (χ1v) is 10.5. The molecule has 0 amide bonds. The van der Waals surface area contributed by atoms with E-state index in [1.807, 2.05) is 42.5 Å². The number of carbonyl (C=O) groups excluding carboxylic acids is 1. The summed E-state index contributed by atoms with van der Waals surface area (Å²) < 4.78 is 12.3. The Kier molecular flexibility index (Phi) is 4.61. The van der Waals surface area contributed by atoms with Crippen LogP contribution in [0.1, 0.15) is 36.3 Å². The van der Waals surface area contributed by atoms with Crippen LogP contribution in [-0.4, -0.2) is 5.97 Å². The normalized spacial score (nSPS) is 18.8. The molecule has 2 bridgehead atoms. The van der Waals surface area contributed by atoms with E-state index >= 15 is 0 Å². The van der Waals surface area contributed by atoms with Gasteiger partial charge in [-0.25, -0.2) is 4.79 Å². The lowest BCUT2D eigenvalue weighted by Gasteiger charge is -2.23. The van der Waals surface area contributed by atoms with Crippen molar-refractivity contribution in [1.82, 2.24) is 0 Å². The summed E-state index contributed by atoms with van der Waals surface area (Å²) in [5, 5.41) is 2.91. The SMILES string of the molecule is C=C(C)C(=O)Oc1c2c(c(Oc3ccccc3)c3cc(Cl)ccc13)C1C=C(Cl)C2C1. The molecular weight excluding hydrogens is 419 g/mol. The molecule has 2 atom stereocenters. The van der Waals surface area contributed by atoms with E-state index in [1.54, 1.807) is 13.0 Å². The Morgan fingerprint density at radius 1 is 1.03 bits per heavy atom. The molecule has 3 aromatic rings. The second-order valence-corrected chi connectivity index (χ2v) is 8.58. The number of ether oxygens (including phenoxy) is 2. The predicted octanol–water partition coefficient (Wildman–Crippen LogP) is 7.47. The second kappa shape index (κ2) is 7.19. The summed E-state index contributed by atoms with van der Waals surface area (Å²) in [4.78, 5) is 12.5. The van der Waals surface area contributed by atoms with Crippen LogP contribution in [0.4, 0.5) is 0 Å². The van der Waals surface area contributed by atoms with Crippen molar-refractivity contribution in [3.8, 4) is 17.2 Å². The fourth-order valence-corrected chi connectivity index (χ4v) is 4.88. The van der Waals surface area contributed by atoms with Gasteiger partial charge in [-0.05, 0) is 43.7 Å². The minimum absolute atomic E-state index is 0.0159. The van der Waals surface area contributed by atoms with E-state index < -0.39 is 5.97 Å². The van der Waals surface area contributed by atoms with Crippen molar-refractivity contribution in [2.24, 2.45) is 0 Å². The highest BCUT2D eigenvalue weighted by molar-refractivity contribution is 6.32. The molecule has 2 aliphatic carbocycles. The van der Waals surface area contributed by atoms with Crippen LogP contribution in [-0.2, 0) is 4.79 Å². The largest absolute Gasteiger partial charge is 0.456 e. The third-order valence-corrected chi connectivity index (χ3v) is 6.28. The molecule has 3 nitrogen and oxygen atoms in total. The van der Waals surface area contributed by atoms with Crippen LogP contribution in [0.15, 0.2) is 71.8 Å². The van der Waals surface area contributed by atoms with Gasteiger partial charge in [0.25, 0.3) is 0 Å². The van der Waals surface area contributed by atoms with E-state index in [4.69, 9.17) is 32.7 Å². The first-order chi connectivity index (χ1) is 14.4. The van der Waals surface area contributed by atoms with Crippen LogP contribution in [0.5, 0.6) is 17.2 Å². The Labute approximate surface area is 184 Å². The standard InChI is InChI=1S/C25H18Cl2O3/c1-13(2)25(28)30-23-17-9-8-15(26)12-18(17)24(29-16-6-4-3-5-7-16)21-14-10-19(22(21)23)20(27)11-14/h3-9,11-12,14,19H,1,10H2,2H3. The Balaban J connectivity index is 1.81. The van der Waals surface area contributed by atoms with Gasteiger partial charge < -0.3 is 9.47 Å². The molecule has 0 aliphatic heterocycles. The van der Waals surface area contributed by atoms with Crippen LogP contribution in [0.3, 0.4) is 0 Å². The molecule has 2 unspecified atom stereocenters. The molecule has 0 radical (unpaired) electrons. The quantitative estimate of drug-likeness (QED) is 0.241. The summed E-state index contributed by atoms with van der Waals surface area (Å²) in [5.41, 5.74) is 2.26. The second-order valence-electron chi connectivity index (χ2n) is 7.71. The van der Waals surface area contributed by atoms with E-state index in [-0.39, 0.29) is 11.8 Å². The van der Waals surface area contributed by atoms with Gasteiger partial charge in [0.15, 0.2) is 0 Å². The average Bonchev–Trinajstić information content (AvgIpc) is 3.28. The Morgan fingerprint density at radius 2 is 1.80 bits per heavy atom. The molecule has 0 aromatic heterocycles. The zero-order valence-electron chi connectivity index (χ0n) is 16.2. The zero-order valence-corrected chi connectivity index (χ0v) is 17.8. The number of rotatable bonds is 4. The lowest BCUT2D eigenvalue weighted by atomic mass is 9.90. The maximum absolute atomic E-state index is 12.5. The molecule has 30 heavy (non-hydrogen) atoms. The summed E-state index contributed by atoms with van der Waals surface area (Å²) in [6.45, 7) is 5.35. The summed E-state index contributed by atoms with van der Waals surface area (Å²) in [6, 6.07) is 15.1. The first-order valence-electron chi connectivity index (χ1n) is 9.71. The number of allylic oxidation sites excluding steroid dienone is 2. The molecule has 0 N–H and O–H groups in total. The van der Waals surface area contributed by atoms with Gasteiger partial charge in [0.1, 0.15) is 17.2 Å². The van der Waals surface area contributed by atoms with Crippen LogP contribution in [0, 0.1) is 0 Å². The van der Waals surface area contributed by atoms with Crippen molar-refractivity contribution in [1.29, 1.82) is 0 Å². The number of hydrogen-bond acceptors (Lipinski definition) is 3. The van der Waals surface area contributed by atoms with Crippen molar-refractivity contribution < 1.29 is 14.3 Å². The number of carbonyl (C=O) groups is 1. The molecule has 3 aromatic carbocycles. The summed E-state index contributed by atoms with van der Waals surface area (Å²) >= 11 is 12.9. The molecule has 0 spiro atoms. The molecule has 2 aliphatic rings. The molecule has 0 fully saturated rings. The Morgan fingerprint density at radius 3 is 2.53 bits per heavy atom. The predicted molar refractivity (Wildman–Crippen MR) is 120 cm³/mol. The first kappa shape index (κ1) is 19.2.